The maximum absolute atomic E-state index is 12.2. The zero-order valence-corrected chi connectivity index (χ0v) is 10.2. The summed E-state index contributed by atoms with van der Waals surface area (Å²) < 4.78 is 0. The molecule has 4 heteroatoms. The molecule has 2 rings (SSSR count). The monoisotopic (exact) mass is 228 g/mol. The number of piperidine rings is 1. The largest absolute Gasteiger partial charge is 0.337 e. The van der Waals surface area contributed by atoms with E-state index >= 15 is 0 Å². The molecule has 1 amide bonds. The van der Waals surface area contributed by atoms with Gasteiger partial charge in [0.15, 0.2) is 0 Å². The minimum Gasteiger partial charge on any atom is -0.337 e. The maximum Gasteiger partial charge on any atom is 0.239 e. The number of carbonyl (C=O) groups excluding carboxylic acids is 1. The van der Waals surface area contributed by atoms with Gasteiger partial charge in [0.2, 0.25) is 5.91 Å². The van der Waals surface area contributed by atoms with E-state index in [-0.39, 0.29) is 6.04 Å². The highest BCUT2D eigenvalue weighted by Gasteiger charge is 2.29. The first kappa shape index (κ1) is 11.3. The third-order valence-electron chi connectivity index (χ3n) is 3.26. The number of nitrogens with zero attached hydrogens (tertiary/aromatic N) is 1. The first-order valence-corrected chi connectivity index (χ1v) is 7.06. The molecule has 2 aliphatic rings. The molecule has 0 aliphatic carbocycles. The molecule has 1 N–H and O–H groups in total. The number of hydrogen-bond donors (Lipinski definition) is 1. The predicted molar refractivity (Wildman–Crippen MR) is 64.1 cm³/mol. The zero-order valence-electron chi connectivity index (χ0n) is 9.37. The highest BCUT2D eigenvalue weighted by atomic mass is 32.2. The van der Waals surface area contributed by atoms with Crippen molar-refractivity contribution in [1.29, 1.82) is 0 Å². The number of thioether (sulfide) groups is 1. The Morgan fingerprint density at radius 2 is 2.33 bits per heavy atom. The van der Waals surface area contributed by atoms with Crippen LogP contribution in [0, 0.1) is 0 Å². The molecule has 0 aromatic rings. The second-order valence-corrected chi connectivity index (χ2v) is 5.61. The second-order valence-electron chi connectivity index (χ2n) is 4.46. The summed E-state index contributed by atoms with van der Waals surface area (Å²) in [6.07, 6.45) is 3.44. The van der Waals surface area contributed by atoms with Gasteiger partial charge in [-0.05, 0) is 26.3 Å². The highest BCUT2D eigenvalue weighted by Crippen LogP contribution is 2.19. The molecule has 0 aromatic carbocycles. The molecule has 2 heterocycles. The summed E-state index contributed by atoms with van der Waals surface area (Å²) in [5.74, 6) is 2.53. The van der Waals surface area contributed by atoms with Crippen molar-refractivity contribution in [2.75, 3.05) is 24.6 Å². The summed E-state index contributed by atoms with van der Waals surface area (Å²) in [5.41, 5.74) is 0. The second kappa shape index (κ2) is 5.21. The lowest BCUT2D eigenvalue weighted by atomic mass is 10.0. The van der Waals surface area contributed by atoms with Gasteiger partial charge < -0.3 is 10.2 Å². The van der Waals surface area contributed by atoms with Crippen molar-refractivity contribution in [3.8, 4) is 0 Å². The zero-order chi connectivity index (χ0) is 10.7. The van der Waals surface area contributed by atoms with E-state index in [1.165, 1.54) is 12.8 Å². The summed E-state index contributed by atoms with van der Waals surface area (Å²) in [6, 6.07) is 0.518. The molecule has 15 heavy (non-hydrogen) atoms. The number of nitrogens with one attached hydrogen (secondary N) is 1. The van der Waals surface area contributed by atoms with Gasteiger partial charge in [-0.2, -0.15) is 11.8 Å². The first-order chi connectivity index (χ1) is 7.29. The van der Waals surface area contributed by atoms with Crippen molar-refractivity contribution in [2.24, 2.45) is 0 Å². The number of rotatable bonds is 1. The van der Waals surface area contributed by atoms with E-state index in [1.807, 2.05) is 11.8 Å². The van der Waals surface area contributed by atoms with E-state index < -0.39 is 0 Å². The lowest BCUT2D eigenvalue weighted by Gasteiger charge is -2.36. The van der Waals surface area contributed by atoms with Crippen LogP contribution in [0.15, 0.2) is 0 Å². The van der Waals surface area contributed by atoms with Gasteiger partial charge in [0.1, 0.15) is 0 Å². The van der Waals surface area contributed by atoms with E-state index in [1.54, 1.807) is 0 Å². The minimum absolute atomic E-state index is 0.101. The van der Waals surface area contributed by atoms with E-state index in [2.05, 4.69) is 17.1 Å². The Bertz CT molecular complexity index is 229. The fourth-order valence-electron chi connectivity index (χ4n) is 2.32. The molecule has 2 saturated heterocycles. The van der Waals surface area contributed by atoms with Crippen molar-refractivity contribution in [3.63, 3.8) is 0 Å². The SMILES string of the molecule is CC1CSCCN1C(=O)C1CCCCN1. The Hall–Kier alpha value is -0.220. The molecule has 0 radical (unpaired) electrons. The van der Waals surface area contributed by atoms with Crippen LogP contribution in [0.4, 0.5) is 0 Å². The highest BCUT2D eigenvalue weighted by molar-refractivity contribution is 7.99. The summed E-state index contributed by atoms with van der Waals surface area (Å²) in [7, 11) is 0. The van der Waals surface area contributed by atoms with Crippen molar-refractivity contribution in [1.82, 2.24) is 10.2 Å². The van der Waals surface area contributed by atoms with Crippen molar-refractivity contribution in [3.05, 3.63) is 0 Å². The molecule has 3 nitrogen and oxygen atoms in total. The maximum atomic E-state index is 12.2. The van der Waals surface area contributed by atoms with Gasteiger partial charge in [-0.25, -0.2) is 0 Å². The summed E-state index contributed by atoms with van der Waals surface area (Å²) in [5, 5.41) is 3.34. The van der Waals surface area contributed by atoms with Crippen LogP contribution in [0.1, 0.15) is 26.2 Å². The molecule has 0 spiro atoms. The minimum atomic E-state index is 0.101. The van der Waals surface area contributed by atoms with Crippen LogP contribution in [0.5, 0.6) is 0 Å². The third kappa shape index (κ3) is 2.67. The Labute approximate surface area is 96.0 Å². The molecule has 2 fully saturated rings. The predicted octanol–water partition coefficient (Wildman–Crippen LogP) is 1.09. The Balaban J connectivity index is 1.92. The Morgan fingerprint density at radius 1 is 1.47 bits per heavy atom. The molecule has 86 valence electrons. The van der Waals surface area contributed by atoms with Crippen molar-refractivity contribution < 1.29 is 4.79 Å². The lowest BCUT2D eigenvalue weighted by molar-refractivity contribution is -0.135. The molecular weight excluding hydrogens is 208 g/mol. The molecule has 0 saturated carbocycles. The van der Waals surface area contributed by atoms with Crippen LogP contribution in [-0.2, 0) is 4.79 Å². The fraction of sp³-hybridized carbons (Fsp3) is 0.909. The van der Waals surface area contributed by atoms with Gasteiger partial charge in [0.25, 0.3) is 0 Å². The average molecular weight is 228 g/mol. The third-order valence-corrected chi connectivity index (χ3v) is 4.45. The molecule has 0 aromatic heterocycles. The lowest BCUT2D eigenvalue weighted by Crippen LogP contribution is -2.53. The van der Waals surface area contributed by atoms with Gasteiger partial charge in [-0.15, -0.1) is 0 Å². The van der Waals surface area contributed by atoms with E-state index in [9.17, 15) is 4.79 Å². The standard InChI is InChI=1S/C11H20N2OS/c1-9-8-15-7-6-13(9)11(14)10-4-2-3-5-12-10/h9-10,12H,2-8H2,1H3. The number of carbonyl (C=O) groups is 1. The summed E-state index contributed by atoms with van der Waals surface area (Å²) in [4.78, 5) is 14.3. The average Bonchev–Trinajstić information content (AvgIpc) is 2.30. The van der Waals surface area contributed by atoms with Gasteiger partial charge in [0, 0.05) is 24.1 Å². The van der Waals surface area contributed by atoms with Gasteiger partial charge in [-0.3, -0.25) is 4.79 Å². The Kier molecular flexibility index (Phi) is 3.92. The molecule has 2 atom stereocenters. The van der Waals surface area contributed by atoms with Crippen LogP contribution in [-0.4, -0.2) is 47.5 Å². The van der Waals surface area contributed by atoms with E-state index in [4.69, 9.17) is 0 Å². The van der Waals surface area contributed by atoms with Crippen LogP contribution >= 0.6 is 11.8 Å². The van der Waals surface area contributed by atoms with Crippen molar-refractivity contribution >= 4 is 17.7 Å². The van der Waals surface area contributed by atoms with Crippen LogP contribution in [0.3, 0.4) is 0 Å². The molecule has 2 unspecified atom stereocenters. The van der Waals surface area contributed by atoms with Gasteiger partial charge >= 0.3 is 0 Å². The van der Waals surface area contributed by atoms with Gasteiger partial charge in [0.05, 0.1) is 6.04 Å². The quantitative estimate of drug-likeness (QED) is 0.729. The van der Waals surface area contributed by atoms with Crippen LogP contribution < -0.4 is 5.32 Å². The van der Waals surface area contributed by atoms with E-state index in [0.717, 1.165) is 31.0 Å². The van der Waals surface area contributed by atoms with Crippen LogP contribution in [0.2, 0.25) is 0 Å². The molecular formula is C11H20N2OS. The van der Waals surface area contributed by atoms with E-state index in [0.29, 0.717) is 11.9 Å². The summed E-state index contributed by atoms with van der Waals surface area (Å²) in [6.45, 7) is 4.10. The van der Waals surface area contributed by atoms with Crippen molar-refractivity contribution in [2.45, 2.75) is 38.3 Å². The smallest absolute Gasteiger partial charge is 0.239 e. The Morgan fingerprint density at radius 3 is 3.00 bits per heavy atom. The first-order valence-electron chi connectivity index (χ1n) is 5.90. The number of hydrogen-bond acceptors (Lipinski definition) is 3. The van der Waals surface area contributed by atoms with Crippen LogP contribution in [0.25, 0.3) is 0 Å². The summed E-state index contributed by atoms with van der Waals surface area (Å²) >= 11 is 1.96. The molecule has 0 bridgehead atoms. The number of amides is 1. The van der Waals surface area contributed by atoms with Gasteiger partial charge in [-0.1, -0.05) is 6.42 Å². The fourth-order valence-corrected chi connectivity index (χ4v) is 3.33. The normalized spacial score (nSPS) is 32.7. The topological polar surface area (TPSA) is 32.3 Å². The molecule has 2 aliphatic heterocycles.